The minimum atomic E-state index is 0.543. The van der Waals surface area contributed by atoms with E-state index in [4.69, 9.17) is 0 Å². The average molecular weight is 338 g/mol. The Bertz CT molecular complexity index is 504. The molecule has 1 aromatic heterocycles. The van der Waals surface area contributed by atoms with E-state index in [1.165, 1.54) is 15.3 Å². The Morgan fingerprint density at radius 3 is 2.37 bits per heavy atom. The second-order valence-electron chi connectivity index (χ2n) is 4.73. The van der Waals surface area contributed by atoms with Crippen molar-refractivity contribution >= 4 is 27.3 Å². The summed E-state index contributed by atoms with van der Waals surface area (Å²) < 4.78 is 1.14. The van der Waals surface area contributed by atoms with Gasteiger partial charge in [0.1, 0.15) is 0 Å². The van der Waals surface area contributed by atoms with E-state index in [0.29, 0.717) is 5.92 Å². The molecular formula is C16H20BrNS. The molecule has 1 nitrogen and oxygen atoms in total. The molecule has 19 heavy (non-hydrogen) atoms. The van der Waals surface area contributed by atoms with Gasteiger partial charge in [-0.05, 0) is 49.7 Å². The van der Waals surface area contributed by atoms with Crippen LogP contribution in [0, 0.1) is 0 Å². The summed E-state index contributed by atoms with van der Waals surface area (Å²) in [6, 6.07) is 13.2. The number of aryl methyl sites for hydroxylation is 1. The Morgan fingerprint density at radius 2 is 1.79 bits per heavy atom. The van der Waals surface area contributed by atoms with Crippen molar-refractivity contribution in [2.75, 3.05) is 13.6 Å². The summed E-state index contributed by atoms with van der Waals surface area (Å²) in [4.78, 5) is 2.97. The highest BCUT2D eigenvalue weighted by Crippen LogP contribution is 2.26. The molecule has 1 heterocycles. The number of nitrogens with one attached hydrogen (secondary N) is 1. The maximum absolute atomic E-state index is 3.50. The van der Waals surface area contributed by atoms with E-state index in [1.54, 1.807) is 0 Å². The van der Waals surface area contributed by atoms with Crippen molar-refractivity contribution in [2.45, 2.75) is 25.7 Å². The van der Waals surface area contributed by atoms with Gasteiger partial charge in [0, 0.05) is 26.7 Å². The standard InChI is InChI=1S/C16H20BrNS/c1-3-15-8-9-16(19-15)10-13(11-18-2)12-4-6-14(17)7-5-12/h4-9,13,18H,3,10-11H2,1-2H3. The van der Waals surface area contributed by atoms with E-state index in [9.17, 15) is 0 Å². The van der Waals surface area contributed by atoms with Crippen LogP contribution in [0.15, 0.2) is 40.9 Å². The van der Waals surface area contributed by atoms with Gasteiger partial charge in [-0.15, -0.1) is 11.3 Å². The van der Waals surface area contributed by atoms with Crippen LogP contribution in [0.25, 0.3) is 0 Å². The fraction of sp³-hybridized carbons (Fsp3) is 0.375. The van der Waals surface area contributed by atoms with Crippen molar-refractivity contribution in [3.05, 3.63) is 56.2 Å². The lowest BCUT2D eigenvalue weighted by Crippen LogP contribution is -2.18. The Labute approximate surface area is 128 Å². The maximum Gasteiger partial charge on any atom is 0.0175 e. The topological polar surface area (TPSA) is 12.0 Å². The van der Waals surface area contributed by atoms with Gasteiger partial charge in [0.05, 0.1) is 0 Å². The molecule has 0 aliphatic rings. The van der Waals surface area contributed by atoms with Crippen LogP contribution in [-0.4, -0.2) is 13.6 Å². The lowest BCUT2D eigenvalue weighted by atomic mass is 9.95. The highest BCUT2D eigenvalue weighted by molar-refractivity contribution is 9.10. The summed E-state index contributed by atoms with van der Waals surface area (Å²) in [5.74, 6) is 0.543. The van der Waals surface area contributed by atoms with Gasteiger partial charge in [-0.25, -0.2) is 0 Å². The van der Waals surface area contributed by atoms with E-state index in [2.05, 4.69) is 64.6 Å². The van der Waals surface area contributed by atoms with Crippen molar-refractivity contribution < 1.29 is 0 Å². The molecule has 0 amide bonds. The van der Waals surface area contributed by atoms with Gasteiger partial charge >= 0.3 is 0 Å². The molecule has 2 aromatic rings. The van der Waals surface area contributed by atoms with Crippen LogP contribution in [0.3, 0.4) is 0 Å². The molecule has 1 aromatic carbocycles. The third-order valence-electron chi connectivity index (χ3n) is 3.31. The van der Waals surface area contributed by atoms with Gasteiger partial charge in [0.2, 0.25) is 0 Å². The van der Waals surface area contributed by atoms with Gasteiger partial charge in [0.15, 0.2) is 0 Å². The smallest absolute Gasteiger partial charge is 0.0175 e. The third-order valence-corrected chi connectivity index (χ3v) is 5.09. The van der Waals surface area contributed by atoms with Crippen LogP contribution < -0.4 is 5.32 Å². The molecule has 3 heteroatoms. The first kappa shape index (κ1) is 14.8. The Morgan fingerprint density at radius 1 is 1.11 bits per heavy atom. The normalized spacial score (nSPS) is 12.6. The molecule has 0 radical (unpaired) electrons. The summed E-state index contributed by atoms with van der Waals surface area (Å²) in [6.45, 7) is 3.23. The Hall–Kier alpha value is -0.640. The molecule has 0 saturated carbocycles. The molecule has 0 aliphatic carbocycles. The molecule has 102 valence electrons. The summed E-state index contributed by atoms with van der Waals surface area (Å²) in [7, 11) is 2.03. The molecule has 1 unspecified atom stereocenters. The molecule has 1 atom stereocenters. The highest BCUT2D eigenvalue weighted by Gasteiger charge is 2.13. The van der Waals surface area contributed by atoms with Crippen molar-refractivity contribution in [1.82, 2.24) is 5.32 Å². The molecule has 2 rings (SSSR count). The maximum atomic E-state index is 3.50. The fourth-order valence-corrected chi connectivity index (χ4v) is 3.56. The molecule has 0 bridgehead atoms. The van der Waals surface area contributed by atoms with Gasteiger partial charge in [0.25, 0.3) is 0 Å². The van der Waals surface area contributed by atoms with Gasteiger partial charge in [-0.1, -0.05) is 35.0 Å². The van der Waals surface area contributed by atoms with Crippen molar-refractivity contribution in [3.63, 3.8) is 0 Å². The predicted molar refractivity (Wildman–Crippen MR) is 88.2 cm³/mol. The number of halogens is 1. The first-order valence-electron chi connectivity index (χ1n) is 6.70. The number of benzene rings is 1. The van der Waals surface area contributed by atoms with E-state index in [-0.39, 0.29) is 0 Å². The van der Waals surface area contributed by atoms with Crippen LogP contribution in [0.4, 0.5) is 0 Å². The third kappa shape index (κ3) is 4.16. The number of hydrogen-bond donors (Lipinski definition) is 1. The summed E-state index contributed by atoms with van der Waals surface area (Å²) >= 11 is 5.45. The fourth-order valence-electron chi connectivity index (χ4n) is 2.25. The zero-order valence-corrected chi connectivity index (χ0v) is 13.9. The van der Waals surface area contributed by atoms with Crippen LogP contribution >= 0.6 is 27.3 Å². The molecular weight excluding hydrogens is 318 g/mol. The van der Waals surface area contributed by atoms with E-state index in [0.717, 1.165) is 23.9 Å². The molecule has 0 fully saturated rings. The largest absolute Gasteiger partial charge is 0.319 e. The van der Waals surface area contributed by atoms with Crippen LogP contribution in [0.5, 0.6) is 0 Å². The van der Waals surface area contributed by atoms with Crippen LogP contribution in [0.1, 0.15) is 28.2 Å². The first-order valence-corrected chi connectivity index (χ1v) is 8.31. The monoisotopic (exact) mass is 337 g/mol. The molecule has 0 saturated heterocycles. The Kier molecular flexibility index (Phi) is 5.61. The summed E-state index contributed by atoms with van der Waals surface area (Å²) in [5.41, 5.74) is 1.41. The number of hydrogen-bond acceptors (Lipinski definition) is 2. The summed E-state index contributed by atoms with van der Waals surface area (Å²) in [5, 5.41) is 3.31. The van der Waals surface area contributed by atoms with E-state index >= 15 is 0 Å². The second kappa shape index (κ2) is 7.22. The Balaban J connectivity index is 2.13. The molecule has 0 spiro atoms. The zero-order chi connectivity index (χ0) is 13.7. The van der Waals surface area contributed by atoms with Gasteiger partial charge in [-0.2, -0.15) is 0 Å². The zero-order valence-electron chi connectivity index (χ0n) is 11.4. The SMILES string of the molecule is CCc1ccc(CC(CNC)c2ccc(Br)cc2)s1. The van der Waals surface area contributed by atoms with Crippen molar-refractivity contribution in [1.29, 1.82) is 0 Å². The minimum absolute atomic E-state index is 0.543. The van der Waals surface area contributed by atoms with Gasteiger partial charge < -0.3 is 5.32 Å². The highest BCUT2D eigenvalue weighted by atomic mass is 79.9. The summed E-state index contributed by atoms with van der Waals surface area (Å²) in [6.07, 6.45) is 2.26. The number of likely N-dealkylation sites (N-methyl/N-ethyl adjacent to an activating group) is 1. The van der Waals surface area contributed by atoms with Gasteiger partial charge in [-0.3, -0.25) is 0 Å². The van der Waals surface area contributed by atoms with Crippen molar-refractivity contribution in [3.8, 4) is 0 Å². The average Bonchev–Trinajstić information content (AvgIpc) is 2.87. The lowest BCUT2D eigenvalue weighted by molar-refractivity contribution is 0.630. The van der Waals surface area contributed by atoms with Crippen molar-refractivity contribution in [2.24, 2.45) is 0 Å². The quantitative estimate of drug-likeness (QED) is 0.810. The number of rotatable bonds is 6. The molecule has 1 N–H and O–H groups in total. The molecule has 0 aliphatic heterocycles. The van der Waals surface area contributed by atoms with Crippen LogP contribution in [0.2, 0.25) is 0 Å². The lowest BCUT2D eigenvalue weighted by Gasteiger charge is -2.16. The van der Waals surface area contributed by atoms with Crippen LogP contribution in [-0.2, 0) is 12.8 Å². The second-order valence-corrected chi connectivity index (χ2v) is 6.90. The van der Waals surface area contributed by atoms with E-state index < -0.39 is 0 Å². The first-order chi connectivity index (χ1) is 9.22. The predicted octanol–water partition coefficient (Wildman–Crippen LogP) is 4.62. The minimum Gasteiger partial charge on any atom is -0.319 e. The van der Waals surface area contributed by atoms with E-state index in [1.807, 2.05) is 18.4 Å². The number of thiophene rings is 1.